The van der Waals surface area contributed by atoms with Gasteiger partial charge in [0, 0.05) is 6.04 Å². The van der Waals surface area contributed by atoms with Crippen molar-refractivity contribution in [3.8, 4) is 0 Å². The van der Waals surface area contributed by atoms with Crippen LogP contribution in [0, 0.1) is 5.41 Å². The first-order chi connectivity index (χ1) is 6.73. The lowest BCUT2D eigenvalue weighted by Crippen LogP contribution is -2.40. The molecule has 0 bridgehead atoms. The van der Waals surface area contributed by atoms with Gasteiger partial charge in [0.25, 0.3) is 0 Å². The van der Waals surface area contributed by atoms with Crippen molar-refractivity contribution in [1.29, 1.82) is 0 Å². The average molecular weight is 197 g/mol. The zero-order chi connectivity index (χ0) is 10.4. The first kappa shape index (κ1) is 12.0. The Morgan fingerprint density at radius 1 is 1.21 bits per heavy atom. The molecule has 0 saturated heterocycles. The van der Waals surface area contributed by atoms with E-state index in [2.05, 4.69) is 26.2 Å². The Hall–Kier alpha value is -0.0400. The topological polar surface area (TPSA) is 12.0 Å². The molecule has 0 amide bonds. The Kier molecular flexibility index (Phi) is 4.94. The van der Waals surface area contributed by atoms with Gasteiger partial charge in [-0.1, -0.05) is 46.0 Å². The van der Waals surface area contributed by atoms with Crippen molar-refractivity contribution in [2.45, 2.75) is 71.3 Å². The fraction of sp³-hybridized carbons (Fsp3) is 1.00. The highest BCUT2D eigenvalue weighted by Crippen LogP contribution is 2.41. The first-order valence-electron chi connectivity index (χ1n) is 6.40. The van der Waals surface area contributed by atoms with Gasteiger partial charge in [0.1, 0.15) is 0 Å². The Balaban J connectivity index is 2.35. The van der Waals surface area contributed by atoms with E-state index in [0.29, 0.717) is 5.41 Å². The molecule has 1 atom stereocenters. The minimum Gasteiger partial charge on any atom is -0.316 e. The fourth-order valence-corrected chi connectivity index (χ4v) is 2.97. The zero-order valence-electron chi connectivity index (χ0n) is 10.2. The lowest BCUT2D eigenvalue weighted by molar-refractivity contribution is 0.216. The second-order valence-corrected chi connectivity index (χ2v) is 5.20. The normalized spacial score (nSPS) is 22.5. The van der Waals surface area contributed by atoms with Crippen LogP contribution in [0.5, 0.6) is 0 Å². The van der Waals surface area contributed by atoms with Crippen LogP contribution in [0.25, 0.3) is 0 Å². The summed E-state index contributed by atoms with van der Waals surface area (Å²) in [6.07, 6.45) is 11.3. The van der Waals surface area contributed by atoms with Crippen molar-refractivity contribution >= 4 is 0 Å². The molecule has 0 spiro atoms. The van der Waals surface area contributed by atoms with Gasteiger partial charge in [-0.05, 0) is 31.7 Å². The van der Waals surface area contributed by atoms with Crippen LogP contribution in [-0.2, 0) is 0 Å². The third kappa shape index (κ3) is 2.98. The number of rotatable bonds is 6. The molecule has 0 radical (unpaired) electrons. The van der Waals surface area contributed by atoms with Crippen LogP contribution in [0.1, 0.15) is 65.2 Å². The Morgan fingerprint density at radius 3 is 2.36 bits per heavy atom. The lowest BCUT2D eigenvalue weighted by Gasteiger charge is -2.34. The largest absolute Gasteiger partial charge is 0.316 e. The van der Waals surface area contributed by atoms with E-state index in [9.17, 15) is 0 Å². The van der Waals surface area contributed by atoms with Gasteiger partial charge >= 0.3 is 0 Å². The third-order valence-electron chi connectivity index (χ3n) is 4.03. The molecule has 0 heterocycles. The Morgan fingerprint density at radius 2 is 1.86 bits per heavy atom. The first-order valence-corrected chi connectivity index (χ1v) is 6.40. The molecule has 14 heavy (non-hydrogen) atoms. The van der Waals surface area contributed by atoms with Crippen LogP contribution in [0.3, 0.4) is 0 Å². The summed E-state index contributed by atoms with van der Waals surface area (Å²) in [7, 11) is 2.14. The second-order valence-electron chi connectivity index (χ2n) is 5.20. The third-order valence-corrected chi connectivity index (χ3v) is 4.03. The SMILES string of the molecule is CCCCCC(NC)C1(C)CCCC1. The lowest BCUT2D eigenvalue weighted by atomic mass is 9.78. The van der Waals surface area contributed by atoms with E-state index in [0.717, 1.165) is 6.04 Å². The van der Waals surface area contributed by atoms with E-state index in [1.54, 1.807) is 0 Å². The van der Waals surface area contributed by atoms with Crippen LogP contribution in [-0.4, -0.2) is 13.1 Å². The maximum absolute atomic E-state index is 3.54. The van der Waals surface area contributed by atoms with Gasteiger partial charge in [-0.15, -0.1) is 0 Å². The highest BCUT2D eigenvalue weighted by atomic mass is 14.9. The van der Waals surface area contributed by atoms with Gasteiger partial charge in [-0.25, -0.2) is 0 Å². The van der Waals surface area contributed by atoms with Crippen molar-refractivity contribution in [3.63, 3.8) is 0 Å². The van der Waals surface area contributed by atoms with Crippen LogP contribution < -0.4 is 5.32 Å². The van der Waals surface area contributed by atoms with E-state index < -0.39 is 0 Å². The molecule has 1 aliphatic rings. The maximum atomic E-state index is 3.54. The molecule has 1 aliphatic carbocycles. The van der Waals surface area contributed by atoms with Gasteiger partial charge in [0.05, 0.1) is 0 Å². The second kappa shape index (κ2) is 5.75. The van der Waals surface area contributed by atoms with Gasteiger partial charge in [-0.2, -0.15) is 0 Å². The molecule has 0 aromatic carbocycles. The summed E-state index contributed by atoms with van der Waals surface area (Å²) in [6, 6.07) is 0.761. The summed E-state index contributed by atoms with van der Waals surface area (Å²) in [5.74, 6) is 0. The molecule has 0 aliphatic heterocycles. The van der Waals surface area contributed by atoms with Crippen molar-refractivity contribution in [3.05, 3.63) is 0 Å². The molecule has 0 aromatic rings. The van der Waals surface area contributed by atoms with Crippen molar-refractivity contribution in [2.75, 3.05) is 7.05 Å². The highest BCUT2D eigenvalue weighted by molar-refractivity contribution is 4.90. The Labute approximate surface area is 89.7 Å². The fourth-order valence-electron chi connectivity index (χ4n) is 2.97. The molecule has 1 fully saturated rings. The van der Waals surface area contributed by atoms with E-state index >= 15 is 0 Å². The molecule has 1 N–H and O–H groups in total. The standard InChI is InChI=1S/C13H27N/c1-4-5-6-9-12(14-3)13(2)10-7-8-11-13/h12,14H,4-11H2,1-3H3. The predicted octanol–water partition coefficient (Wildman–Crippen LogP) is 3.74. The molecular formula is C13H27N. The predicted molar refractivity (Wildman–Crippen MR) is 63.6 cm³/mol. The summed E-state index contributed by atoms with van der Waals surface area (Å²) in [6.45, 7) is 4.76. The number of hydrogen-bond donors (Lipinski definition) is 1. The minimum atomic E-state index is 0.600. The van der Waals surface area contributed by atoms with E-state index in [1.807, 2.05) is 0 Å². The number of unbranched alkanes of at least 4 members (excludes halogenated alkanes) is 2. The summed E-state index contributed by atoms with van der Waals surface area (Å²) < 4.78 is 0. The number of hydrogen-bond acceptors (Lipinski definition) is 1. The van der Waals surface area contributed by atoms with Gasteiger partial charge in [-0.3, -0.25) is 0 Å². The van der Waals surface area contributed by atoms with E-state index in [4.69, 9.17) is 0 Å². The minimum absolute atomic E-state index is 0.600. The quantitative estimate of drug-likeness (QED) is 0.640. The molecule has 1 nitrogen and oxygen atoms in total. The molecule has 1 rings (SSSR count). The van der Waals surface area contributed by atoms with Crippen LogP contribution in [0.2, 0.25) is 0 Å². The molecular weight excluding hydrogens is 170 g/mol. The summed E-state index contributed by atoms with van der Waals surface area (Å²) >= 11 is 0. The van der Waals surface area contributed by atoms with Crippen molar-refractivity contribution in [2.24, 2.45) is 5.41 Å². The monoisotopic (exact) mass is 197 g/mol. The zero-order valence-corrected chi connectivity index (χ0v) is 10.2. The van der Waals surface area contributed by atoms with Crippen molar-refractivity contribution < 1.29 is 0 Å². The summed E-state index contributed by atoms with van der Waals surface area (Å²) in [4.78, 5) is 0. The summed E-state index contributed by atoms with van der Waals surface area (Å²) in [5.41, 5.74) is 0.600. The van der Waals surface area contributed by atoms with E-state index in [1.165, 1.54) is 51.4 Å². The van der Waals surface area contributed by atoms with Crippen molar-refractivity contribution in [1.82, 2.24) is 5.32 Å². The molecule has 1 unspecified atom stereocenters. The van der Waals surface area contributed by atoms with Crippen LogP contribution in [0.4, 0.5) is 0 Å². The molecule has 1 saturated carbocycles. The van der Waals surface area contributed by atoms with Crippen LogP contribution >= 0.6 is 0 Å². The van der Waals surface area contributed by atoms with Gasteiger partial charge in [0.2, 0.25) is 0 Å². The highest BCUT2D eigenvalue weighted by Gasteiger charge is 2.35. The maximum Gasteiger partial charge on any atom is 0.0118 e. The summed E-state index contributed by atoms with van der Waals surface area (Å²) in [5, 5.41) is 3.54. The molecule has 1 heteroatoms. The van der Waals surface area contributed by atoms with Crippen LogP contribution in [0.15, 0.2) is 0 Å². The smallest absolute Gasteiger partial charge is 0.0118 e. The Bertz CT molecular complexity index is 147. The average Bonchev–Trinajstić information content (AvgIpc) is 2.61. The van der Waals surface area contributed by atoms with Gasteiger partial charge < -0.3 is 5.32 Å². The van der Waals surface area contributed by atoms with E-state index in [-0.39, 0.29) is 0 Å². The van der Waals surface area contributed by atoms with Gasteiger partial charge in [0.15, 0.2) is 0 Å². The molecule has 0 aromatic heterocycles. The number of nitrogens with one attached hydrogen (secondary N) is 1. The molecule has 84 valence electrons.